The fourth-order valence-electron chi connectivity index (χ4n) is 1.33. The summed E-state index contributed by atoms with van der Waals surface area (Å²) in [5, 5.41) is 0. The summed E-state index contributed by atoms with van der Waals surface area (Å²) in [5.74, 6) is 0.225. The molecule has 0 spiro atoms. The topological polar surface area (TPSA) is 46.2 Å². The standard InChI is InChI=1S/C11H15Cl2NO2S/c1-9-5-3-4-6-10(9)17(15,16)14-11(2,7-12)8-13/h3-6,14H,7-8H2,1-2H3. The zero-order valence-electron chi connectivity index (χ0n) is 9.70. The Labute approximate surface area is 112 Å². The van der Waals surface area contributed by atoms with Gasteiger partial charge in [-0.25, -0.2) is 13.1 Å². The molecule has 0 atom stereocenters. The molecule has 0 bridgehead atoms. The largest absolute Gasteiger partial charge is 0.241 e. The Balaban J connectivity index is 3.10. The van der Waals surface area contributed by atoms with Crippen molar-refractivity contribution in [3.63, 3.8) is 0 Å². The average molecular weight is 296 g/mol. The first kappa shape index (κ1) is 14.8. The lowest BCUT2D eigenvalue weighted by molar-refractivity contribution is 0.500. The minimum Gasteiger partial charge on any atom is -0.207 e. The van der Waals surface area contributed by atoms with Gasteiger partial charge in [-0.05, 0) is 25.5 Å². The minimum atomic E-state index is -3.59. The molecule has 0 aliphatic carbocycles. The van der Waals surface area contributed by atoms with Crippen LogP contribution in [0.25, 0.3) is 0 Å². The first-order valence-electron chi connectivity index (χ1n) is 5.06. The van der Waals surface area contributed by atoms with Crippen LogP contribution in [0.15, 0.2) is 29.2 Å². The lowest BCUT2D eigenvalue weighted by Crippen LogP contribution is -2.49. The van der Waals surface area contributed by atoms with Crippen LogP contribution >= 0.6 is 23.2 Å². The van der Waals surface area contributed by atoms with E-state index in [4.69, 9.17) is 23.2 Å². The normalized spacial score (nSPS) is 12.7. The van der Waals surface area contributed by atoms with Crippen LogP contribution in [-0.4, -0.2) is 25.7 Å². The van der Waals surface area contributed by atoms with Crippen LogP contribution in [-0.2, 0) is 10.0 Å². The van der Waals surface area contributed by atoms with E-state index in [1.807, 2.05) is 0 Å². The number of hydrogen-bond acceptors (Lipinski definition) is 2. The van der Waals surface area contributed by atoms with Gasteiger partial charge in [-0.1, -0.05) is 18.2 Å². The Morgan fingerprint density at radius 3 is 2.24 bits per heavy atom. The molecule has 0 aliphatic heterocycles. The summed E-state index contributed by atoms with van der Waals surface area (Å²) in [4.78, 5) is 0.251. The van der Waals surface area contributed by atoms with Crippen molar-refractivity contribution in [1.82, 2.24) is 4.72 Å². The predicted molar refractivity (Wildman–Crippen MR) is 71.3 cm³/mol. The maximum atomic E-state index is 12.2. The molecule has 0 aliphatic rings. The highest BCUT2D eigenvalue weighted by Gasteiger charge is 2.29. The van der Waals surface area contributed by atoms with Crippen LogP contribution in [0.1, 0.15) is 12.5 Å². The highest BCUT2D eigenvalue weighted by Crippen LogP contribution is 2.18. The van der Waals surface area contributed by atoms with Crippen LogP contribution < -0.4 is 4.72 Å². The van der Waals surface area contributed by atoms with E-state index in [0.717, 1.165) is 0 Å². The fourth-order valence-corrected chi connectivity index (χ4v) is 3.56. The SMILES string of the molecule is Cc1ccccc1S(=O)(=O)NC(C)(CCl)CCl. The molecule has 1 N–H and O–H groups in total. The zero-order chi connectivity index (χ0) is 13.1. The van der Waals surface area contributed by atoms with Crippen molar-refractivity contribution in [2.75, 3.05) is 11.8 Å². The average Bonchev–Trinajstić information content (AvgIpc) is 2.28. The highest BCUT2D eigenvalue weighted by atomic mass is 35.5. The van der Waals surface area contributed by atoms with Crippen LogP contribution in [0.3, 0.4) is 0 Å². The monoisotopic (exact) mass is 295 g/mol. The first-order valence-corrected chi connectivity index (χ1v) is 7.61. The molecular formula is C11H15Cl2NO2S. The van der Waals surface area contributed by atoms with Gasteiger partial charge in [0, 0.05) is 11.8 Å². The van der Waals surface area contributed by atoms with Gasteiger partial charge in [0.25, 0.3) is 0 Å². The number of halogens is 2. The van der Waals surface area contributed by atoms with Gasteiger partial charge in [-0.15, -0.1) is 23.2 Å². The predicted octanol–water partition coefficient (Wildman–Crippen LogP) is 2.51. The van der Waals surface area contributed by atoms with E-state index in [0.29, 0.717) is 5.56 Å². The van der Waals surface area contributed by atoms with E-state index < -0.39 is 15.6 Å². The van der Waals surface area contributed by atoms with Crippen LogP contribution in [0.4, 0.5) is 0 Å². The van der Waals surface area contributed by atoms with Crippen molar-refractivity contribution < 1.29 is 8.42 Å². The van der Waals surface area contributed by atoms with Gasteiger partial charge in [-0.3, -0.25) is 0 Å². The van der Waals surface area contributed by atoms with Crippen molar-refractivity contribution in [2.24, 2.45) is 0 Å². The lowest BCUT2D eigenvalue weighted by Gasteiger charge is -2.25. The molecule has 0 aromatic heterocycles. The second-order valence-corrected chi connectivity index (χ2v) is 6.38. The summed E-state index contributed by atoms with van der Waals surface area (Å²) in [7, 11) is -3.59. The third-order valence-corrected chi connectivity index (χ3v) is 5.33. The smallest absolute Gasteiger partial charge is 0.207 e. The number of hydrogen-bond donors (Lipinski definition) is 1. The van der Waals surface area contributed by atoms with E-state index in [-0.39, 0.29) is 16.7 Å². The summed E-state index contributed by atoms with van der Waals surface area (Å²) < 4.78 is 26.9. The van der Waals surface area contributed by atoms with Crippen molar-refractivity contribution in [3.05, 3.63) is 29.8 Å². The maximum absolute atomic E-state index is 12.2. The second kappa shape index (κ2) is 5.57. The molecule has 1 aromatic carbocycles. The minimum absolute atomic E-state index is 0.113. The zero-order valence-corrected chi connectivity index (χ0v) is 12.0. The molecular weight excluding hydrogens is 281 g/mol. The molecule has 0 fully saturated rings. The first-order chi connectivity index (χ1) is 7.84. The van der Waals surface area contributed by atoms with Crippen LogP contribution in [0.5, 0.6) is 0 Å². The quantitative estimate of drug-likeness (QED) is 0.849. The van der Waals surface area contributed by atoms with Gasteiger partial charge in [0.2, 0.25) is 10.0 Å². The number of aryl methyl sites for hydroxylation is 1. The summed E-state index contributed by atoms with van der Waals surface area (Å²) in [6.07, 6.45) is 0. The molecule has 0 saturated heterocycles. The summed E-state index contributed by atoms with van der Waals surface area (Å²) >= 11 is 11.5. The molecule has 6 heteroatoms. The number of alkyl halides is 2. The van der Waals surface area contributed by atoms with Gasteiger partial charge < -0.3 is 0 Å². The number of benzene rings is 1. The fraction of sp³-hybridized carbons (Fsp3) is 0.455. The molecule has 3 nitrogen and oxygen atoms in total. The molecule has 0 saturated carbocycles. The van der Waals surface area contributed by atoms with Gasteiger partial charge in [0.1, 0.15) is 0 Å². The number of nitrogens with one attached hydrogen (secondary N) is 1. The van der Waals surface area contributed by atoms with E-state index in [2.05, 4.69) is 4.72 Å². The molecule has 0 amide bonds. The Bertz CT molecular complexity index is 484. The van der Waals surface area contributed by atoms with E-state index in [9.17, 15) is 8.42 Å². The van der Waals surface area contributed by atoms with Gasteiger partial charge in [0.05, 0.1) is 10.4 Å². The summed E-state index contributed by atoms with van der Waals surface area (Å²) in [6, 6.07) is 6.77. The Morgan fingerprint density at radius 1 is 1.24 bits per heavy atom. The number of rotatable bonds is 5. The van der Waals surface area contributed by atoms with E-state index in [1.54, 1.807) is 38.1 Å². The summed E-state index contributed by atoms with van der Waals surface area (Å²) in [5.41, 5.74) is -0.156. The third kappa shape index (κ3) is 3.58. The van der Waals surface area contributed by atoms with Crippen molar-refractivity contribution >= 4 is 33.2 Å². The molecule has 1 aromatic rings. The van der Waals surface area contributed by atoms with Gasteiger partial charge >= 0.3 is 0 Å². The van der Waals surface area contributed by atoms with Gasteiger partial charge in [-0.2, -0.15) is 0 Å². The van der Waals surface area contributed by atoms with Gasteiger partial charge in [0.15, 0.2) is 0 Å². The third-order valence-electron chi connectivity index (χ3n) is 2.35. The molecule has 0 radical (unpaired) electrons. The van der Waals surface area contributed by atoms with E-state index >= 15 is 0 Å². The van der Waals surface area contributed by atoms with Crippen molar-refractivity contribution in [1.29, 1.82) is 0 Å². The highest BCUT2D eigenvalue weighted by molar-refractivity contribution is 7.89. The Morgan fingerprint density at radius 2 is 1.76 bits per heavy atom. The van der Waals surface area contributed by atoms with E-state index in [1.165, 1.54) is 0 Å². The van der Waals surface area contributed by atoms with Crippen LogP contribution in [0.2, 0.25) is 0 Å². The maximum Gasteiger partial charge on any atom is 0.241 e. The number of sulfonamides is 1. The molecule has 0 heterocycles. The Hall–Kier alpha value is -0.290. The molecule has 1 rings (SSSR count). The lowest BCUT2D eigenvalue weighted by atomic mass is 10.1. The summed E-state index contributed by atoms with van der Waals surface area (Å²) in [6.45, 7) is 3.41. The Kier molecular flexibility index (Phi) is 4.84. The molecule has 17 heavy (non-hydrogen) atoms. The van der Waals surface area contributed by atoms with Crippen molar-refractivity contribution in [2.45, 2.75) is 24.3 Å². The van der Waals surface area contributed by atoms with Crippen molar-refractivity contribution in [3.8, 4) is 0 Å². The molecule has 96 valence electrons. The second-order valence-electron chi connectivity index (χ2n) is 4.20. The van der Waals surface area contributed by atoms with Crippen LogP contribution in [0, 0.1) is 6.92 Å². The molecule has 0 unspecified atom stereocenters.